The lowest BCUT2D eigenvalue weighted by molar-refractivity contribution is -0.140. The van der Waals surface area contributed by atoms with Crippen LogP contribution in [0.5, 0.6) is 17.2 Å². The Balaban J connectivity index is 1.06. The number of nitrogens with zero attached hydrogens (tertiary/aromatic N) is 1. The summed E-state index contributed by atoms with van der Waals surface area (Å²) >= 11 is 2.76. The van der Waals surface area contributed by atoms with Crippen molar-refractivity contribution in [1.29, 1.82) is 0 Å². The Hall–Kier alpha value is -10.2. The van der Waals surface area contributed by atoms with E-state index >= 15 is 0 Å². The van der Waals surface area contributed by atoms with Crippen LogP contribution < -0.4 is 24.4 Å². The van der Waals surface area contributed by atoms with E-state index in [-0.39, 0.29) is 121 Å². The number of rotatable bonds is 39. The van der Waals surface area contributed by atoms with E-state index in [9.17, 15) is 43.2 Å². The monoisotopic (exact) mass is 1350 g/mol. The van der Waals surface area contributed by atoms with E-state index < -0.39 is 46.8 Å². The first-order valence-electron chi connectivity index (χ1n) is 30.8. The van der Waals surface area contributed by atoms with Gasteiger partial charge >= 0.3 is 41.8 Å². The number of esters is 7. The van der Waals surface area contributed by atoms with Gasteiger partial charge in [0.2, 0.25) is 5.12 Å². The fourth-order valence-electron chi connectivity index (χ4n) is 8.76. The summed E-state index contributed by atoms with van der Waals surface area (Å²) < 4.78 is 48.9. The Morgan fingerprint density at radius 2 is 0.958 bits per heavy atom. The fraction of sp³-hybridized carbons (Fsp3) is 0.284. The Morgan fingerprint density at radius 3 is 1.54 bits per heavy atom. The molecule has 20 nitrogen and oxygen atoms in total. The first-order chi connectivity index (χ1) is 46.2. The van der Waals surface area contributed by atoms with E-state index in [0.717, 1.165) is 73.2 Å². The van der Waals surface area contributed by atoms with Crippen LogP contribution in [0, 0.1) is 0 Å². The highest BCUT2D eigenvalue weighted by Crippen LogP contribution is 2.31. The maximum Gasteiger partial charge on any atom is 0.345 e. The molecule has 0 radical (unpaired) electrons. The summed E-state index contributed by atoms with van der Waals surface area (Å²) in [6.07, 6.45) is 8.55. The summed E-state index contributed by atoms with van der Waals surface area (Å²) in [5, 5.41) is 2.33. The Bertz CT molecular complexity index is 3750. The molecule has 504 valence electrons. The van der Waals surface area contributed by atoms with Crippen LogP contribution in [0.15, 0.2) is 187 Å². The van der Waals surface area contributed by atoms with Gasteiger partial charge in [-0.15, -0.1) is 11.8 Å². The first kappa shape index (κ1) is 74.8. The molecular weight excluding hydrogens is 1270 g/mol. The maximum atomic E-state index is 13.9. The summed E-state index contributed by atoms with van der Waals surface area (Å²) in [5.41, 5.74) is 4.02. The molecule has 0 unspecified atom stereocenters. The van der Waals surface area contributed by atoms with Crippen molar-refractivity contribution in [2.75, 3.05) is 82.9 Å². The van der Waals surface area contributed by atoms with Gasteiger partial charge in [0, 0.05) is 71.2 Å². The number of thioether (sulfide) groups is 2. The van der Waals surface area contributed by atoms with Gasteiger partial charge in [-0.2, -0.15) is 0 Å². The molecule has 6 rings (SSSR count). The molecule has 0 aliphatic carbocycles. The van der Waals surface area contributed by atoms with E-state index in [1.165, 1.54) is 78.9 Å². The molecule has 0 aliphatic rings. The van der Waals surface area contributed by atoms with Crippen LogP contribution in [0.1, 0.15) is 114 Å². The third-order valence-corrected chi connectivity index (χ3v) is 15.9. The van der Waals surface area contributed by atoms with Crippen LogP contribution in [0.25, 0.3) is 0 Å². The Labute approximate surface area is 567 Å². The van der Waals surface area contributed by atoms with Gasteiger partial charge in [-0.1, -0.05) is 75.6 Å². The zero-order valence-electron chi connectivity index (χ0n) is 54.2. The molecule has 0 heterocycles. The van der Waals surface area contributed by atoms with Crippen LogP contribution in [0.3, 0.4) is 0 Å². The summed E-state index contributed by atoms with van der Waals surface area (Å²) in [4.78, 5) is 119. The number of aryl methyl sites for hydroxylation is 2. The molecular formula is C74H78N2O18S2. The molecule has 0 bridgehead atoms. The topological polar surface area (TPSA) is 252 Å². The quantitative estimate of drug-likeness (QED) is 0.00940. The second-order valence-corrected chi connectivity index (χ2v) is 23.8. The van der Waals surface area contributed by atoms with Crippen molar-refractivity contribution in [3.8, 4) is 17.2 Å². The summed E-state index contributed by atoms with van der Waals surface area (Å²) in [6, 6.07) is 36.1. The maximum absolute atomic E-state index is 13.9. The number of unbranched alkanes of at least 4 members (excludes halogenated alkanes) is 3. The SMILES string of the molecule is C=CC(=O)OCCCCCCSc1ccc(CCc2ccc(SC(=O)c3ccc(OCCCOc4ccc(NC(=O)c5ccc(C(=O)Oc6ccc(CCOC(=O)C=C)cc6)c(N(C)C)c5)c(C(=O)OCCOC(=O)C(=C)C)c4)cc3C(=O)OCCOC(=O)C(=C)C)cc2)cc1. The summed E-state index contributed by atoms with van der Waals surface area (Å²) in [6.45, 7) is 16.4. The van der Waals surface area contributed by atoms with Crippen LogP contribution in [0.2, 0.25) is 0 Å². The van der Waals surface area contributed by atoms with E-state index in [2.05, 4.69) is 55.9 Å². The molecule has 22 heteroatoms. The molecule has 6 aromatic carbocycles. The molecule has 0 aliphatic heterocycles. The van der Waals surface area contributed by atoms with E-state index in [4.69, 9.17) is 42.6 Å². The van der Waals surface area contributed by atoms with Crippen molar-refractivity contribution >= 4 is 87.7 Å². The molecule has 0 atom stereocenters. The lowest BCUT2D eigenvalue weighted by atomic mass is 10.0. The lowest BCUT2D eigenvalue weighted by Crippen LogP contribution is -2.20. The van der Waals surface area contributed by atoms with Crippen molar-refractivity contribution in [3.05, 3.63) is 222 Å². The smallest absolute Gasteiger partial charge is 0.345 e. The van der Waals surface area contributed by atoms with Crippen LogP contribution >= 0.6 is 23.5 Å². The van der Waals surface area contributed by atoms with Crippen molar-refractivity contribution in [2.24, 2.45) is 0 Å². The molecule has 0 fully saturated rings. The minimum Gasteiger partial charge on any atom is -0.493 e. The van der Waals surface area contributed by atoms with Gasteiger partial charge in [0.1, 0.15) is 43.7 Å². The number of ether oxygens (including phenoxy) is 9. The van der Waals surface area contributed by atoms with Crippen molar-refractivity contribution < 1.29 is 85.8 Å². The van der Waals surface area contributed by atoms with Gasteiger partial charge in [-0.25, -0.2) is 33.6 Å². The van der Waals surface area contributed by atoms with Gasteiger partial charge in [-0.3, -0.25) is 9.59 Å². The highest BCUT2D eigenvalue weighted by Gasteiger charge is 2.24. The van der Waals surface area contributed by atoms with E-state index in [1.54, 1.807) is 49.3 Å². The second-order valence-electron chi connectivity index (χ2n) is 21.6. The van der Waals surface area contributed by atoms with Crippen LogP contribution in [-0.2, 0) is 66.9 Å². The molecule has 1 amide bonds. The van der Waals surface area contributed by atoms with Gasteiger partial charge in [0.15, 0.2) is 0 Å². The molecule has 6 aromatic rings. The second kappa shape index (κ2) is 39.5. The standard InChI is InChI=1S/C74H78N2O18S2/c1-9-66(77)88-37-13-11-12-14-45-95-58-29-20-51(21-30-58)16-17-52-22-31-59(32-23-52)96-74(85)60-34-27-56(47-62(60)71(82)92-43-41-90-69(80)49(3)4)86-38-15-39-87-57-28-35-64(63(48-57)72(83)93-44-42-91-70(81)50(5)6)75-68(79)54-24-33-61(65(46-54)76(7)8)73(84)94-55-25-18-53(19-26-55)36-40-89-67(78)10-2/h9-10,18-35,46-48H,1-3,5,11-17,36-45H2,4,6-8H3,(H,75,79). The normalized spacial score (nSPS) is 10.6. The zero-order valence-corrected chi connectivity index (χ0v) is 55.9. The minimum atomic E-state index is -0.884. The lowest BCUT2D eigenvalue weighted by Gasteiger charge is -2.18. The number of hydrogen-bond acceptors (Lipinski definition) is 21. The number of amides is 1. The fourth-order valence-corrected chi connectivity index (χ4v) is 10.4. The van der Waals surface area contributed by atoms with Crippen LogP contribution in [-0.4, -0.2) is 126 Å². The number of benzene rings is 6. The predicted octanol–water partition coefficient (Wildman–Crippen LogP) is 13.0. The largest absolute Gasteiger partial charge is 0.493 e. The predicted molar refractivity (Wildman–Crippen MR) is 366 cm³/mol. The number of carbonyl (C=O) groups excluding carboxylic acids is 9. The van der Waals surface area contributed by atoms with Gasteiger partial charge in [0.25, 0.3) is 5.91 Å². The molecule has 96 heavy (non-hydrogen) atoms. The minimum absolute atomic E-state index is 0.0421. The number of anilines is 2. The Morgan fingerprint density at radius 1 is 0.458 bits per heavy atom. The molecule has 0 spiro atoms. The van der Waals surface area contributed by atoms with E-state index in [1.807, 2.05) is 36.0 Å². The molecule has 0 saturated heterocycles. The average molecular weight is 1350 g/mol. The molecule has 0 aromatic heterocycles. The summed E-state index contributed by atoms with van der Waals surface area (Å²) in [5.74, 6) is -3.60. The van der Waals surface area contributed by atoms with Crippen LogP contribution in [0.4, 0.5) is 11.4 Å². The van der Waals surface area contributed by atoms with Gasteiger partial charge in [-0.05, 0) is 165 Å². The molecule has 1 N–H and O–H groups in total. The van der Waals surface area contributed by atoms with Crippen molar-refractivity contribution in [3.63, 3.8) is 0 Å². The van der Waals surface area contributed by atoms with Crippen molar-refractivity contribution in [1.82, 2.24) is 0 Å². The zero-order chi connectivity index (χ0) is 69.4. The summed E-state index contributed by atoms with van der Waals surface area (Å²) in [7, 11) is 3.38. The number of nitrogens with one attached hydrogen (secondary N) is 1. The third kappa shape index (κ3) is 25.3. The number of hydrogen-bond donors (Lipinski definition) is 1. The van der Waals surface area contributed by atoms with Gasteiger partial charge < -0.3 is 52.8 Å². The van der Waals surface area contributed by atoms with Crippen molar-refractivity contribution in [2.45, 2.75) is 75.0 Å². The first-order valence-corrected chi connectivity index (χ1v) is 32.6. The highest BCUT2D eigenvalue weighted by molar-refractivity contribution is 8.14. The third-order valence-electron chi connectivity index (χ3n) is 13.9. The Kier molecular flexibility index (Phi) is 30.8. The van der Waals surface area contributed by atoms with Gasteiger partial charge in [0.05, 0.1) is 54.5 Å². The highest BCUT2D eigenvalue weighted by atomic mass is 32.2. The van der Waals surface area contributed by atoms with E-state index in [0.29, 0.717) is 23.6 Å². The number of carbonyl (C=O) groups is 9. The molecule has 0 saturated carbocycles. The average Bonchev–Trinajstić information content (AvgIpc) is 0.835.